The van der Waals surface area contributed by atoms with E-state index in [0.29, 0.717) is 16.9 Å². The summed E-state index contributed by atoms with van der Waals surface area (Å²) < 4.78 is 0. The Labute approximate surface area is 198 Å². The molecule has 9 atom stereocenters. The van der Waals surface area contributed by atoms with Gasteiger partial charge in [0.25, 0.3) is 0 Å². The van der Waals surface area contributed by atoms with Crippen molar-refractivity contribution in [2.24, 2.45) is 52.3 Å². The quantitative estimate of drug-likeness (QED) is 0.401. The molecule has 0 aromatic heterocycles. The van der Waals surface area contributed by atoms with Crippen LogP contribution in [0.1, 0.15) is 112 Å². The molecule has 0 radical (unpaired) electrons. The summed E-state index contributed by atoms with van der Waals surface area (Å²) in [7, 11) is 0. The van der Waals surface area contributed by atoms with Crippen molar-refractivity contribution in [3.63, 3.8) is 0 Å². The van der Waals surface area contributed by atoms with E-state index in [9.17, 15) is 4.79 Å². The molecule has 4 aliphatic carbocycles. The van der Waals surface area contributed by atoms with Gasteiger partial charge in [0.05, 0.1) is 0 Å². The Morgan fingerprint density at radius 3 is 2.41 bits per heavy atom. The Morgan fingerprint density at radius 2 is 1.69 bits per heavy atom. The summed E-state index contributed by atoms with van der Waals surface area (Å²) in [6.45, 7) is 16.3. The topological polar surface area (TPSA) is 29.1 Å². The maximum atomic E-state index is 11.9. The van der Waals surface area contributed by atoms with E-state index >= 15 is 0 Å². The third-order valence-corrected chi connectivity index (χ3v) is 11.4. The van der Waals surface area contributed by atoms with E-state index in [2.05, 4.69) is 46.5 Å². The zero-order valence-corrected chi connectivity index (χ0v) is 21.8. The third-order valence-electron chi connectivity index (χ3n) is 11.4. The van der Waals surface area contributed by atoms with E-state index in [0.717, 1.165) is 47.8 Å². The molecule has 0 aliphatic heterocycles. The minimum absolute atomic E-state index is 0.0141. The molecule has 0 bridgehead atoms. The average Bonchev–Trinajstić information content (AvgIpc) is 3.11. The van der Waals surface area contributed by atoms with Crippen LogP contribution in [0.4, 0.5) is 0 Å². The van der Waals surface area contributed by atoms with Crippen LogP contribution in [0, 0.1) is 52.3 Å². The molecule has 0 unspecified atom stereocenters. The second-order valence-electron chi connectivity index (χ2n) is 13.4. The number of carbonyl (C=O) groups excluding carboxylic acids is 1. The van der Waals surface area contributed by atoms with Crippen molar-refractivity contribution in [2.75, 3.05) is 0 Å². The zero-order valence-electron chi connectivity index (χ0n) is 21.8. The molecule has 0 spiro atoms. The number of amides is 1. The molecule has 4 rings (SSSR count). The minimum Gasteiger partial charge on any atom is -0.350 e. The van der Waals surface area contributed by atoms with Crippen molar-refractivity contribution >= 4 is 5.91 Å². The summed E-state index contributed by atoms with van der Waals surface area (Å²) in [5, 5.41) is 3.22. The lowest BCUT2D eigenvalue weighted by molar-refractivity contribution is -0.125. The molecule has 1 N–H and O–H groups in total. The molecule has 4 fully saturated rings. The first-order valence-electron chi connectivity index (χ1n) is 14.1. The van der Waals surface area contributed by atoms with Gasteiger partial charge in [0.2, 0.25) is 5.91 Å². The monoisotopic (exact) mass is 441 g/mol. The average molecular weight is 442 g/mol. The van der Waals surface area contributed by atoms with Gasteiger partial charge in [-0.3, -0.25) is 4.79 Å². The normalized spacial score (nSPS) is 44.3. The van der Waals surface area contributed by atoms with Crippen LogP contribution in [0.3, 0.4) is 0 Å². The highest BCUT2D eigenvalue weighted by Gasteiger charge is 2.60. The fourth-order valence-corrected chi connectivity index (χ4v) is 9.67. The summed E-state index contributed by atoms with van der Waals surface area (Å²) in [5.74, 6) is 6.36. The number of nitrogens with one attached hydrogen (secondary N) is 1. The Bertz CT molecular complexity index is 684. The predicted molar refractivity (Wildman–Crippen MR) is 135 cm³/mol. The minimum atomic E-state index is 0.0141. The van der Waals surface area contributed by atoms with Crippen molar-refractivity contribution in [3.8, 4) is 0 Å². The SMILES string of the molecule is C=CC(=O)N[C@H]1CC[C@@]2(C)[C@@H](CC[C@@H]3[C@@H]2CC[C@]2(C)[C@@H]([C@H](C)CCCC(C)C)CC[C@@H]32)C1. The molecule has 0 aromatic carbocycles. The highest BCUT2D eigenvalue weighted by molar-refractivity contribution is 5.87. The molecule has 0 saturated heterocycles. The molecular formula is C30H51NO. The van der Waals surface area contributed by atoms with E-state index in [1.54, 1.807) is 0 Å². The number of hydrogen-bond donors (Lipinski definition) is 1. The van der Waals surface area contributed by atoms with Crippen LogP contribution in [0.25, 0.3) is 0 Å². The molecule has 4 aliphatic rings. The van der Waals surface area contributed by atoms with Gasteiger partial charge in [0, 0.05) is 6.04 Å². The summed E-state index contributed by atoms with van der Waals surface area (Å²) >= 11 is 0. The van der Waals surface area contributed by atoms with E-state index in [1.165, 1.54) is 76.7 Å². The van der Waals surface area contributed by atoms with Gasteiger partial charge in [0.15, 0.2) is 0 Å². The molecule has 2 nitrogen and oxygen atoms in total. The summed E-state index contributed by atoms with van der Waals surface area (Å²) in [5.41, 5.74) is 1.09. The second-order valence-corrected chi connectivity index (χ2v) is 13.4. The molecule has 182 valence electrons. The fraction of sp³-hybridized carbons (Fsp3) is 0.900. The highest BCUT2D eigenvalue weighted by Crippen LogP contribution is 2.68. The Morgan fingerprint density at radius 1 is 0.969 bits per heavy atom. The van der Waals surface area contributed by atoms with E-state index < -0.39 is 0 Å². The Balaban J connectivity index is 1.42. The maximum absolute atomic E-state index is 11.9. The van der Waals surface area contributed by atoms with Gasteiger partial charge in [-0.1, -0.05) is 60.5 Å². The first kappa shape index (κ1) is 24.3. The number of rotatable bonds is 7. The Hall–Kier alpha value is -0.790. The lowest BCUT2D eigenvalue weighted by Crippen LogP contribution is -2.55. The summed E-state index contributed by atoms with van der Waals surface area (Å²) in [6, 6.07) is 0.367. The first-order chi connectivity index (χ1) is 15.2. The number of carbonyl (C=O) groups is 1. The number of hydrogen-bond acceptors (Lipinski definition) is 1. The van der Waals surface area contributed by atoms with Crippen LogP contribution >= 0.6 is 0 Å². The molecule has 0 heterocycles. The fourth-order valence-electron chi connectivity index (χ4n) is 9.67. The third kappa shape index (κ3) is 4.34. The van der Waals surface area contributed by atoms with E-state index in [4.69, 9.17) is 0 Å². The van der Waals surface area contributed by atoms with Gasteiger partial charge in [-0.05, 0) is 116 Å². The second kappa shape index (κ2) is 9.46. The molecule has 0 aromatic rings. The smallest absolute Gasteiger partial charge is 0.243 e. The molecule has 32 heavy (non-hydrogen) atoms. The first-order valence-corrected chi connectivity index (χ1v) is 14.1. The number of fused-ring (bicyclic) bond motifs is 5. The molecule has 4 saturated carbocycles. The molecule has 2 heteroatoms. The molecule has 1 amide bonds. The highest BCUT2D eigenvalue weighted by atomic mass is 16.1. The van der Waals surface area contributed by atoms with Crippen LogP contribution in [0.15, 0.2) is 12.7 Å². The summed E-state index contributed by atoms with van der Waals surface area (Å²) in [6.07, 6.45) is 18.1. The van der Waals surface area contributed by atoms with Crippen LogP contribution in [0.2, 0.25) is 0 Å². The van der Waals surface area contributed by atoms with Crippen molar-refractivity contribution in [3.05, 3.63) is 12.7 Å². The van der Waals surface area contributed by atoms with Crippen molar-refractivity contribution < 1.29 is 4.79 Å². The van der Waals surface area contributed by atoms with E-state index in [1.807, 2.05) is 0 Å². The zero-order chi connectivity index (χ0) is 23.1. The van der Waals surface area contributed by atoms with Gasteiger partial charge in [0.1, 0.15) is 0 Å². The molecular weight excluding hydrogens is 390 g/mol. The van der Waals surface area contributed by atoms with Crippen LogP contribution in [0.5, 0.6) is 0 Å². The van der Waals surface area contributed by atoms with Crippen LogP contribution < -0.4 is 5.32 Å². The van der Waals surface area contributed by atoms with Gasteiger partial charge >= 0.3 is 0 Å². The standard InChI is InChI=1S/C30H51NO/c1-7-28(32)31-23-15-17-29(5)22(19-23)11-12-24-26-14-13-25(21(4)10-8-9-20(2)3)30(26,6)18-16-27(24)29/h7,20-27H,1,8-19H2,2-6H3,(H,31,32)/t21-,22+,23+,24+,25-,26+,27+,29+,30-/m1/s1. The lowest BCUT2D eigenvalue weighted by atomic mass is 9.44. The van der Waals surface area contributed by atoms with Gasteiger partial charge in [-0.15, -0.1) is 0 Å². The van der Waals surface area contributed by atoms with Gasteiger partial charge in [-0.25, -0.2) is 0 Å². The van der Waals surface area contributed by atoms with Crippen LogP contribution in [-0.2, 0) is 4.79 Å². The van der Waals surface area contributed by atoms with Gasteiger partial charge in [-0.2, -0.15) is 0 Å². The largest absolute Gasteiger partial charge is 0.350 e. The Kier molecular flexibility index (Phi) is 7.19. The summed E-state index contributed by atoms with van der Waals surface area (Å²) in [4.78, 5) is 11.9. The maximum Gasteiger partial charge on any atom is 0.243 e. The lowest BCUT2D eigenvalue weighted by Gasteiger charge is -2.61. The van der Waals surface area contributed by atoms with Gasteiger partial charge < -0.3 is 5.32 Å². The van der Waals surface area contributed by atoms with E-state index in [-0.39, 0.29) is 5.91 Å². The predicted octanol–water partition coefficient (Wildman–Crippen LogP) is 7.78. The van der Waals surface area contributed by atoms with Crippen molar-refractivity contribution in [2.45, 2.75) is 118 Å². The van der Waals surface area contributed by atoms with Crippen LogP contribution in [-0.4, -0.2) is 11.9 Å². The van der Waals surface area contributed by atoms with Crippen molar-refractivity contribution in [1.82, 2.24) is 5.32 Å². The van der Waals surface area contributed by atoms with Crippen molar-refractivity contribution in [1.29, 1.82) is 0 Å².